The fourth-order valence-electron chi connectivity index (χ4n) is 2.85. The van der Waals surface area contributed by atoms with E-state index >= 15 is 0 Å². The van der Waals surface area contributed by atoms with Gasteiger partial charge in [0, 0.05) is 19.1 Å². The zero-order chi connectivity index (χ0) is 13.7. The summed E-state index contributed by atoms with van der Waals surface area (Å²) in [6.45, 7) is 5.99. The topological polar surface area (TPSA) is 50.8 Å². The highest BCUT2D eigenvalue weighted by molar-refractivity contribution is 5.80. The maximum atomic E-state index is 12.2. The van der Waals surface area contributed by atoms with Gasteiger partial charge < -0.3 is 4.74 Å². The molecule has 1 amide bonds. The van der Waals surface area contributed by atoms with Gasteiger partial charge >= 0.3 is 0 Å². The maximum Gasteiger partial charge on any atom is 0.260 e. The quantitative estimate of drug-likeness (QED) is 0.792. The first-order valence-corrected chi connectivity index (χ1v) is 7.51. The number of nitrogens with zero attached hydrogens (tertiary/aromatic N) is 1. The van der Waals surface area contributed by atoms with Gasteiger partial charge in [-0.1, -0.05) is 6.42 Å². The summed E-state index contributed by atoms with van der Waals surface area (Å²) in [5, 5.41) is 0. The highest BCUT2D eigenvalue weighted by Gasteiger charge is 2.31. The molecule has 0 aromatic carbocycles. The Bertz CT molecular complexity index is 290. The smallest absolute Gasteiger partial charge is 0.260 e. The largest absolute Gasteiger partial charge is 0.350 e. The van der Waals surface area contributed by atoms with Crippen molar-refractivity contribution in [3.63, 3.8) is 0 Å². The number of piperidine rings is 1. The molecule has 0 saturated carbocycles. The molecule has 110 valence electrons. The van der Waals surface area contributed by atoms with Crippen molar-refractivity contribution in [3.8, 4) is 0 Å². The minimum atomic E-state index is -0.270. The van der Waals surface area contributed by atoms with Crippen LogP contribution in [-0.2, 0) is 14.4 Å². The van der Waals surface area contributed by atoms with Crippen LogP contribution in [0.15, 0.2) is 0 Å². The summed E-state index contributed by atoms with van der Waals surface area (Å²) in [5.74, 6) is -0.0254. The molecule has 0 aliphatic carbocycles. The van der Waals surface area contributed by atoms with Gasteiger partial charge in [0.25, 0.3) is 5.91 Å². The summed E-state index contributed by atoms with van der Waals surface area (Å²) < 4.78 is 5.44. The molecule has 5 nitrogen and oxygen atoms in total. The summed E-state index contributed by atoms with van der Waals surface area (Å²) in [6, 6.07) is 0.333. The van der Waals surface area contributed by atoms with Crippen molar-refractivity contribution in [2.24, 2.45) is 0 Å². The van der Waals surface area contributed by atoms with E-state index in [1.807, 2.05) is 0 Å². The first kappa shape index (κ1) is 14.8. The predicted octanol–water partition coefficient (Wildman–Crippen LogP) is 1.82. The third kappa shape index (κ3) is 4.16. The molecule has 2 aliphatic rings. The Balaban J connectivity index is 1.80. The number of rotatable bonds is 4. The van der Waals surface area contributed by atoms with Crippen LogP contribution in [0.25, 0.3) is 0 Å². The van der Waals surface area contributed by atoms with Crippen molar-refractivity contribution < 1.29 is 14.4 Å². The molecule has 0 aromatic rings. The Hall–Kier alpha value is -0.650. The third-order valence-corrected chi connectivity index (χ3v) is 3.94. The molecule has 2 rings (SSSR count). The lowest BCUT2D eigenvalue weighted by Gasteiger charge is -2.37. The fraction of sp³-hybridized carbons (Fsp3) is 0.929. The van der Waals surface area contributed by atoms with Crippen LogP contribution >= 0.6 is 0 Å². The molecule has 2 heterocycles. The van der Waals surface area contributed by atoms with E-state index in [1.165, 1.54) is 6.42 Å². The molecule has 0 aromatic heterocycles. The summed E-state index contributed by atoms with van der Waals surface area (Å²) in [4.78, 5) is 19.9. The highest BCUT2D eigenvalue weighted by Crippen LogP contribution is 2.20. The van der Waals surface area contributed by atoms with Crippen LogP contribution < -0.4 is 5.48 Å². The Morgan fingerprint density at radius 2 is 2.05 bits per heavy atom. The van der Waals surface area contributed by atoms with Gasteiger partial charge in [-0.3, -0.25) is 9.69 Å². The number of nitrogens with one attached hydrogen (secondary N) is 1. The second kappa shape index (κ2) is 7.22. The van der Waals surface area contributed by atoms with Crippen molar-refractivity contribution in [1.29, 1.82) is 0 Å². The SMILES string of the molecule is CC(C)N1CCCCC1C(=O)NOC1CCCCO1. The third-order valence-electron chi connectivity index (χ3n) is 3.94. The Morgan fingerprint density at radius 1 is 1.26 bits per heavy atom. The van der Waals surface area contributed by atoms with Gasteiger partial charge in [0.15, 0.2) is 6.29 Å². The standard InChI is InChI=1S/C14H26N2O3/c1-11(2)16-9-5-3-7-12(16)14(17)15-19-13-8-4-6-10-18-13/h11-13H,3-10H2,1-2H3,(H,15,17). The van der Waals surface area contributed by atoms with E-state index in [1.54, 1.807) is 0 Å². The highest BCUT2D eigenvalue weighted by atomic mass is 16.8. The monoisotopic (exact) mass is 270 g/mol. The van der Waals surface area contributed by atoms with E-state index in [9.17, 15) is 4.79 Å². The van der Waals surface area contributed by atoms with Gasteiger partial charge in [-0.05, 0) is 46.1 Å². The van der Waals surface area contributed by atoms with Crippen LogP contribution in [0.1, 0.15) is 52.4 Å². The lowest BCUT2D eigenvalue weighted by molar-refractivity contribution is -0.203. The number of ether oxygens (including phenoxy) is 1. The van der Waals surface area contributed by atoms with E-state index in [0.29, 0.717) is 6.04 Å². The van der Waals surface area contributed by atoms with Crippen molar-refractivity contribution >= 4 is 5.91 Å². The molecule has 0 bridgehead atoms. The number of carbonyl (C=O) groups is 1. The van der Waals surface area contributed by atoms with Gasteiger partial charge in [-0.2, -0.15) is 0 Å². The van der Waals surface area contributed by atoms with Crippen LogP contribution in [-0.4, -0.2) is 42.3 Å². The van der Waals surface area contributed by atoms with Crippen molar-refractivity contribution in [2.75, 3.05) is 13.2 Å². The molecular weight excluding hydrogens is 244 g/mol. The van der Waals surface area contributed by atoms with Crippen LogP contribution in [0.4, 0.5) is 0 Å². The van der Waals surface area contributed by atoms with Crippen LogP contribution in [0, 0.1) is 0 Å². The Labute approximate surface area is 115 Å². The van der Waals surface area contributed by atoms with Crippen LogP contribution in [0.5, 0.6) is 0 Å². The van der Waals surface area contributed by atoms with Crippen molar-refractivity contribution in [3.05, 3.63) is 0 Å². The number of hydrogen-bond acceptors (Lipinski definition) is 4. The minimum Gasteiger partial charge on any atom is -0.350 e. The molecule has 0 radical (unpaired) electrons. The molecule has 2 atom stereocenters. The van der Waals surface area contributed by atoms with Gasteiger partial charge in [0.1, 0.15) is 0 Å². The lowest BCUT2D eigenvalue weighted by Crippen LogP contribution is -2.52. The van der Waals surface area contributed by atoms with E-state index < -0.39 is 0 Å². The van der Waals surface area contributed by atoms with Crippen LogP contribution in [0.3, 0.4) is 0 Å². The molecule has 2 aliphatic heterocycles. The molecule has 1 N–H and O–H groups in total. The first-order chi connectivity index (χ1) is 9.18. The molecule has 2 fully saturated rings. The Kier molecular flexibility index (Phi) is 5.60. The van der Waals surface area contributed by atoms with Gasteiger partial charge in [0.05, 0.1) is 6.04 Å². The fourth-order valence-corrected chi connectivity index (χ4v) is 2.85. The lowest BCUT2D eigenvalue weighted by atomic mass is 10.00. The number of carbonyl (C=O) groups excluding carboxylic acids is 1. The zero-order valence-corrected chi connectivity index (χ0v) is 12.1. The summed E-state index contributed by atoms with van der Waals surface area (Å²) in [5.41, 5.74) is 2.60. The molecule has 2 unspecified atom stereocenters. The normalized spacial score (nSPS) is 29.4. The number of likely N-dealkylation sites (tertiary alicyclic amines) is 1. The van der Waals surface area contributed by atoms with Gasteiger partial charge in [-0.15, -0.1) is 0 Å². The number of amides is 1. The predicted molar refractivity (Wildman–Crippen MR) is 72.3 cm³/mol. The van der Waals surface area contributed by atoms with E-state index in [0.717, 1.165) is 45.3 Å². The molecule has 19 heavy (non-hydrogen) atoms. The average Bonchev–Trinajstić information content (AvgIpc) is 2.46. The molecule has 0 spiro atoms. The van der Waals surface area contributed by atoms with Crippen LogP contribution in [0.2, 0.25) is 0 Å². The Morgan fingerprint density at radius 3 is 2.74 bits per heavy atom. The minimum absolute atomic E-state index is 0.0254. The van der Waals surface area contributed by atoms with Crippen molar-refractivity contribution in [1.82, 2.24) is 10.4 Å². The van der Waals surface area contributed by atoms with Crippen molar-refractivity contribution in [2.45, 2.75) is 70.7 Å². The first-order valence-electron chi connectivity index (χ1n) is 7.51. The van der Waals surface area contributed by atoms with Gasteiger partial charge in [-0.25, -0.2) is 10.3 Å². The second-order valence-electron chi connectivity index (χ2n) is 5.72. The summed E-state index contributed by atoms with van der Waals surface area (Å²) in [6.07, 6.45) is 5.97. The number of hydroxylamine groups is 1. The van der Waals surface area contributed by atoms with E-state index in [-0.39, 0.29) is 18.2 Å². The summed E-state index contributed by atoms with van der Waals surface area (Å²) in [7, 11) is 0. The summed E-state index contributed by atoms with van der Waals surface area (Å²) >= 11 is 0. The molecule has 5 heteroatoms. The zero-order valence-electron chi connectivity index (χ0n) is 12.1. The van der Waals surface area contributed by atoms with E-state index in [2.05, 4.69) is 24.2 Å². The van der Waals surface area contributed by atoms with E-state index in [4.69, 9.17) is 9.57 Å². The second-order valence-corrected chi connectivity index (χ2v) is 5.72. The number of hydrogen-bond donors (Lipinski definition) is 1. The van der Waals surface area contributed by atoms with Gasteiger partial charge in [0.2, 0.25) is 0 Å². The molecular formula is C14H26N2O3. The maximum absolute atomic E-state index is 12.2. The average molecular weight is 270 g/mol. The molecule has 2 saturated heterocycles.